The molecule has 3 rings (SSSR count). The summed E-state index contributed by atoms with van der Waals surface area (Å²) in [5, 5.41) is 16.0. The summed E-state index contributed by atoms with van der Waals surface area (Å²) in [6.45, 7) is 5.92. The number of methoxy groups -OCH3 is 2. The van der Waals surface area contributed by atoms with Crippen LogP contribution in [-0.2, 0) is 9.59 Å². The number of nitrogens with zero attached hydrogens (tertiary/aromatic N) is 1. The van der Waals surface area contributed by atoms with Gasteiger partial charge in [0.05, 0.1) is 36.6 Å². The summed E-state index contributed by atoms with van der Waals surface area (Å²) in [5.41, 5.74) is 5.09. The van der Waals surface area contributed by atoms with E-state index in [1.165, 1.54) is 7.11 Å². The maximum Gasteiger partial charge on any atom is 0.234 e. The van der Waals surface area contributed by atoms with Gasteiger partial charge in [0.1, 0.15) is 0 Å². The lowest BCUT2D eigenvalue weighted by molar-refractivity contribution is -0.121. The molecule has 1 heterocycles. The predicted molar refractivity (Wildman–Crippen MR) is 129 cm³/mol. The minimum Gasteiger partial charge on any atom is -0.493 e. The molecule has 8 heteroatoms. The molecule has 1 atom stereocenters. The van der Waals surface area contributed by atoms with Crippen molar-refractivity contribution in [2.45, 2.75) is 33.1 Å². The van der Waals surface area contributed by atoms with E-state index in [9.17, 15) is 14.9 Å². The van der Waals surface area contributed by atoms with Gasteiger partial charge in [-0.2, -0.15) is 5.26 Å². The molecule has 0 aliphatic carbocycles. The topological polar surface area (TPSA) is 100 Å². The number of thioether (sulfide) groups is 1. The molecule has 0 fully saturated rings. The number of ether oxygens (including phenoxy) is 2. The predicted octanol–water partition coefficient (Wildman–Crippen LogP) is 4.34. The lowest BCUT2D eigenvalue weighted by Crippen LogP contribution is -2.31. The minimum absolute atomic E-state index is 0.0617. The van der Waals surface area contributed by atoms with Crippen LogP contribution in [0, 0.1) is 32.1 Å². The van der Waals surface area contributed by atoms with Crippen LogP contribution in [0.2, 0.25) is 0 Å². The molecule has 0 saturated heterocycles. The third kappa shape index (κ3) is 5.49. The van der Waals surface area contributed by atoms with Crippen LogP contribution < -0.4 is 20.1 Å². The Balaban J connectivity index is 1.81. The second kappa shape index (κ2) is 10.5. The van der Waals surface area contributed by atoms with Gasteiger partial charge in [0.25, 0.3) is 0 Å². The first kappa shape index (κ1) is 24.2. The zero-order chi connectivity index (χ0) is 24.1. The van der Waals surface area contributed by atoms with Gasteiger partial charge in [-0.15, -0.1) is 0 Å². The van der Waals surface area contributed by atoms with E-state index in [1.54, 1.807) is 19.2 Å². The first-order valence-electron chi connectivity index (χ1n) is 10.4. The molecule has 33 heavy (non-hydrogen) atoms. The summed E-state index contributed by atoms with van der Waals surface area (Å²) in [7, 11) is 3.08. The average Bonchev–Trinajstić information content (AvgIpc) is 2.79. The number of carbonyl (C=O) groups is 2. The molecule has 1 aliphatic heterocycles. The molecule has 0 radical (unpaired) electrons. The van der Waals surface area contributed by atoms with Crippen molar-refractivity contribution in [2.24, 2.45) is 0 Å². The molecule has 0 spiro atoms. The fraction of sp³-hybridized carbons (Fsp3) is 0.320. The highest BCUT2D eigenvalue weighted by molar-refractivity contribution is 8.03. The third-order valence-corrected chi connectivity index (χ3v) is 6.47. The van der Waals surface area contributed by atoms with Crippen LogP contribution in [-0.4, -0.2) is 31.8 Å². The van der Waals surface area contributed by atoms with Gasteiger partial charge in [0.2, 0.25) is 11.8 Å². The number of allylic oxidation sites excluding steroid dienone is 1. The molecular formula is C25H27N3O4S. The van der Waals surface area contributed by atoms with Gasteiger partial charge in [-0.1, -0.05) is 35.5 Å². The van der Waals surface area contributed by atoms with Crippen LogP contribution in [0.5, 0.6) is 11.5 Å². The number of nitrogens with one attached hydrogen (secondary N) is 2. The van der Waals surface area contributed by atoms with Crippen LogP contribution in [0.25, 0.3) is 0 Å². The van der Waals surface area contributed by atoms with Crippen molar-refractivity contribution in [3.05, 3.63) is 63.2 Å². The van der Waals surface area contributed by atoms with Crippen molar-refractivity contribution in [1.29, 1.82) is 5.26 Å². The Bertz CT molecular complexity index is 1140. The maximum atomic E-state index is 12.6. The van der Waals surface area contributed by atoms with Crippen LogP contribution >= 0.6 is 11.8 Å². The smallest absolute Gasteiger partial charge is 0.234 e. The Hall–Kier alpha value is -3.44. The van der Waals surface area contributed by atoms with Crippen molar-refractivity contribution < 1.29 is 19.1 Å². The second-order valence-electron chi connectivity index (χ2n) is 7.88. The number of rotatable bonds is 7. The number of hydrogen-bond acceptors (Lipinski definition) is 6. The molecule has 0 unspecified atom stereocenters. The van der Waals surface area contributed by atoms with Gasteiger partial charge >= 0.3 is 0 Å². The molecule has 7 nitrogen and oxygen atoms in total. The molecule has 2 amide bonds. The normalized spacial score (nSPS) is 15.5. The van der Waals surface area contributed by atoms with E-state index >= 15 is 0 Å². The van der Waals surface area contributed by atoms with E-state index in [0.717, 1.165) is 39.7 Å². The average molecular weight is 466 g/mol. The maximum absolute atomic E-state index is 12.6. The number of carbonyl (C=O) groups excluding carboxylic acids is 2. The fourth-order valence-corrected chi connectivity index (χ4v) is 4.85. The Kier molecular flexibility index (Phi) is 7.67. The Morgan fingerprint density at radius 3 is 2.42 bits per heavy atom. The number of benzene rings is 2. The molecule has 2 aromatic rings. The third-order valence-electron chi connectivity index (χ3n) is 5.46. The molecule has 0 bridgehead atoms. The summed E-state index contributed by atoms with van der Waals surface area (Å²) in [6, 6.07) is 11.6. The van der Waals surface area contributed by atoms with E-state index in [2.05, 4.69) is 16.7 Å². The van der Waals surface area contributed by atoms with Crippen molar-refractivity contribution in [1.82, 2.24) is 5.32 Å². The van der Waals surface area contributed by atoms with E-state index < -0.39 is 5.92 Å². The van der Waals surface area contributed by atoms with Crippen molar-refractivity contribution in [2.75, 3.05) is 25.3 Å². The largest absolute Gasteiger partial charge is 0.493 e. The summed E-state index contributed by atoms with van der Waals surface area (Å²) in [4.78, 5) is 25.1. The quantitative estimate of drug-likeness (QED) is 0.631. The summed E-state index contributed by atoms with van der Waals surface area (Å²) in [6.07, 6.45) is 0.135. The number of anilines is 1. The van der Waals surface area contributed by atoms with Crippen molar-refractivity contribution >= 4 is 29.3 Å². The van der Waals surface area contributed by atoms with Crippen LogP contribution in [0.3, 0.4) is 0 Å². The van der Waals surface area contributed by atoms with E-state index in [0.29, 0.717) is 22.1 Å². The highest BCUT2D eigenvalue weighted by Gasteiger charge is 2.30. The molecule has 2 N–H and O–H groups in total. The zero-order valence-electron chi connectivity index (χ0n) is 19.4. The number of amides is 2. The number of nitriles is 1. The molecule has 172 valence electrons. The fourth-order valence-electron chi connectivity index (χ4n) is 3.98. The zero-order valence-corrected chi connectivity index (χ0v) is 20.2. The Labute approximate surface area is 198 Å². The highest BCUT2D eigenvalue weighted by atomic mass is 32.2. The van der Waals surface area contributed by atoms with E-state index in [1.807, 2.05) is 39.0 Å². The molecule has 2 aromatic carbocycles. The summed E-state index contributed by atoms with van der Waals surface area (Å²) in [5.74, 6) is 0.305. The lowest BCUT2D eigenvalue weighted by Gasteiger charge is -2.25. The minimum atomic E-state index is -0.435. The highest BCUT2D eigenvalue weighted by Crippen LogP contribution is 2.39. The van der Waals surface area contributed by atoms with Crippen molar-refractivity contribution in [3.63, 3.8) is 0 Å². The number of aryl methyl sites for hydroxylation is 3. The number of hydrogen-bond donors (Lipinski definition) is 2. The van der Waals surface area contributed by atoms with Crippen molar-refractivity contribution in [3.8, 4) is 17.6 Å². The van der Waals surface area contributed by atoms with Crippen LogP contribution in [0.1, 0.15) is 34.6 Å². The lowest BCUT2D eigenvalue weighted by atomic mass is 9.87. The van der Waals surface area contributed by atoms with Gasteiger partial charge < -0.3 is 20.1 Å². The molecule has 0 aromatic heterocycles. The van der Waals surface area contributed by atoms with Gasteiger partial charge in [-0.3, -0.25) is 9.59 Å². The Morgan fingerprint density at radius 1 is 1.15 bits per heavy atom. The molecule has 0 saturated carbocycles. The van der Waals surface area contributed by atoms with Gasteiger partial charge in [0, 0.05) is 18.0 Å². The van der Waals surface area contributed by atoms with E-state index in [4.69, 9.17) is 9.47 Å². The van der Waals surface area contributed by atoms with E-state index in [-0.39, 0.29) is 24.0 Å². The monoisotopic (exact) mass is 465 g/mol. The SMILES string of the molecule is COc1ccc([C@H]2CC(=O)NC(SCC(=O)Nc3c(C)cc(C)cc3C)=C2C#N)cc1OC. The van der Waals surface area contributed by atoms with Gasteiger partial charge in [-0.05, 0) is 49.6 Å². The molecule has 1 aliphatic rings. The Morgan fingerprint density at radius 2 is 1.82 bits per heavy atom. The first-order valence-corrected chi connectivity index (χ1v) is 11.4. The summed E-state index contributed by atoms with van der Waals surface area (Å²) >= 11 is 1.15. The van der Waals surface area contributed by atoms with Crippen LogP contribution in [0.4, 0.5) is 5.69 Å². The molecular weight excluding hydrogens is 438 g/mol. The van der Waals surface area contributed by atoms with Crippen LogP contribution in [0.15, 0.2) is 40.9 Å². The van der Waals surface area contributed by atoms with Gasteiger partial charge in [-0.25, -0.2) is 0 Å². The second-order valence-corrected chi connectivity index (χ2v) is 8.87. The first-order chi connectivity index (χ1) is 15.8. The van der Waals surface area contributed by atoms with Gasteiger partial charge in [0.15, 0.2) is 11.5 Å². The summed E-state index contributed by atoms with van der Waals surface area (Å²) < 4.78 is 10.7. The standard InChI is InChI=1S/C25H27N3O4S/c1-14-8-15(2)24(16(3)9-14)27-23(30)13-33-25-19(12-26)18(11-22(29)28-25)17-6-7-20(31-4)21(10-17)32-5/h6-10,18H,11,13H2,1-5H3,(H,27,30)(H,28,29)/t18-/m1/s1.